The molecule has 0 bridgehead atoms. The second-order valence-corrected chi connectivity index (χ2v) is 4.45. The lowest BCUT2D eigenvalue weighted by Crippen LogP contribution is -2.41. The second kappa shape index (κ2) is 4.04. The number of aryl methyl sites for hydroxylation is 1. The van der Waals surface area contributed by atoms with Crippen molar-refractivity contribution in [2.75, 3.05) is 17.7 Å². The number of hydrogen-bond donors (Lipinski definition) is 1. The minimum absolute atomic E-state index is 0.0766. The third-order valence-corrected chi connectivity index (χ3v) is 2.97. The fourth-order valence-corrected chi connectivity index (χ4v) is 1.29. The highest BCUT2D eigenvalue weighted by atomic mass is 15.2. The SMILES string of the molecule is CCC(C)(C)N(C)c1cc(C)nc(N)n1. The Kier molecular flexibility index (Phi) is 3.17. The molecule has 0 spiro atoms. The Labute approximate surface area is 91.5 Å². The molecule has 1 aromatic rings. The molecule has 2 N–H and O–H groups in total. The van der Waals surface area contributed by atoms with E-state index in [1.807, 2.05) is 20.0 Å². The highest BCUT2D eigenvalue weighted by Crippen LogP contribution is 2.23. The third kappa shape index (κ3) is 2.58. The zero-order valence-electron chi connectivity index (χ0n) is 10.2. The van der Waals surface area contributed by atoms with Gasteiger partial charge < -0.3 is 10.6 Å². The number of nitrogens with two attached hydrogens (primary N) is 1. The standard InChI is InChI=1S/C11H20N4/c1-6-11(3,4)15(5)9-7-8(2)13-10(12)14-9/h7H,6H2,1-5H3,(H2,12,13,14). The molecule has 0 saturated carbocycles. The van der Waals surface area contributed by atoms with Crippen molar-refractivity contribution in [1.82, 2.24) is 9.97 Å². The third-order valence-electron chi connectivity index (χ3n) is 2.97. The molecule has 0 aromatic carbocycles. The van der Waals surface area contributed by atoms with Crippen LogP contribution in [0.25, 0.3) is 0 Å². The normalized spacial score (nSPS) is 11.5. The van der Waals surface area contributed by atoms with Crippen molar-refractivity contribution in [3.05, 3.63) is 11.8 Å². The first kappa shape index (κ1) is 11.8. The van der Waals surface area contributed by atoms with Gasteiger partial charge in [-0.25, -0.2) is 4.98 Å². The number of nitrogens with zero attached hydrogens (tertiary/aromatic N) is 3. The summed E-state index contributed by atoms with van der Waals surface area (Å²) in [6.07, 6.45) is 1.05. The van der Waals surface area contributed by atoms with Gasteiger partial charge in [-0.2, -0.15) is 4.98 Å². The molecule has 0 aliphatic rings. The summed E-state index contributed by atoms with van der Waals surface area (Å²) < 4.78 is 0. The molecule has 0 radical (unpaired) electrons. The van der Waals surface area contributed by atoms with Crippen LogP contribution < -0.4 is 10.6 Å². The maximum absolute atomic E-state index is 5.63. The van der Waals surface area contributed by atoms with E-state index >= 15 is 0 Å². The van der Waals surface area contributed by atoms with Crippen LogP contribution in [0.2, 0.25) is 0 Å². The van der Waals surface area contributed by atoms with Crippen LogP contribution in [0.5, 0.6) is 0 Å². The van der Waals surface area contributed by atoms with Gasteiger partial charge >= 0.3 is 0 Å². The molecule has 84 valence electrons. The molecule has 0 aliphatic carbocycles. The fourth-order valence-electron chi connectivity index (χ4n) is 1.29. The smallest absolute Gasteiger partial charge is 0.222 e. The summed E-state index contributed by atoms with van der Waals surface area (Å²) in [5.41, 5.74) is 6.61. The van der Waals surface area contributed by atoms with Crippen LogP contribution in [0.3, 0.4) is 0 Å². The van der Waals surface area contributed by atoms with Crippen LogP contribution in [0, 0.1) is 6.92 Å². The van der Waals surface area contributed by atoms with Gasteiger partial charge in [0.05, 0.1) is 0 Å². The Balaban J connectivity index is 3.06. The van der Waals surface area contributed by atoms with Gasteiger partial charge in [0.15, 0.2) is 0 Å². The Hall–Kier alpha value is -1.32. The van der Waals surface area contributed by atoms with E-state index in [-0.39, 0.29) is 5.54 Å². The van der Waals surface area contributed by atoms with Gasteiger partial charge in [-0.15, -0.1) is 0 Å². The fraction of sp³-hybridized carbons (Fsp3) is 0.636. The molecule has 4 heteroatoms. The van der Waals surface area contributed by atoms with Crippen molar-refractivity contribution in [3.63, 3.8) is 0 Å². The van der Waals surface area contributed by atoms with Gasteiger partial charge in [-0.3, -0.25) is 0 Å². The van der Waals surface area contributed by atoms with Gasteiger partial charge in [0, 0.05) is 24.3 Å². The number of rotatable bonds is 3. The van der Waals surface area contributed by atoms with Crippen LogP contribution in [-0.4, -0.2) is 22.6 Å². The zero-order chi connectivity index (χ0) is 11.6. The molecule has 15 heavy (non-hydrogen) atoms. The van der Waals surface area contributed by atoms with E-state index < -0.39 is 0 Å². The van der Waals surface area contributed by atoms with Crippen molar-refractivity contribution >= 4 is 11.8 Å². The van der Waals surface area contributed by atoms with E-state index in [0.717, 1.165) is 17.9 Å². The van der Waals surface area contributed by atoms with Crippen molar-refractivity contribution < 1.29 is 0 Å². The van der Waals surface area contributed by atoms with E-state index in [0.29, 0.717) is 5.95 Å². The van der Waals surface area contributed by atoms with E-state index in [1.54, 1.807) is 0 Å². The largest absolute Gasteiger partial charge is 0.368 e. The van der Waals surface area contributed by atoms with Gasteiger partial charge in [-0.1, -0.05) is 6.92 Å². The number of aromatic nitrogens is 2. The van der Waals surface area contributed by atoms with Crippen molar-refractivity contribution in [1.29, 1.82) is 0 Å². The Morgan fingerprint density at radius 3 is 2.47 bits per heavy atom. The minimum Gasteiger partial charge on any atom is -0.368 e. The molecule has 0 aliphatic heterocycles. The first-order valence-corrected chi connectivity index (χ1v) is 5.22. The number of anilines is 2. The molecule has 0 saturated heterocycles. The van der Waals surface area contributed by atoms with Crippen molar-refractivity contribution in [3.8, 4) is 0 Å². The lowest BCUT2D eigenvalue weighted by molar-refractivity contribution is 0.467. The van der Waals surface area contributed by atoms with Gasteiger partial charge in [0.1, 0.15) is 5.82 Å². The molecule has 4 nitrogen and oxygen atoms in total. The van der Waals surface area contributed by atoms with Crippen molar-refractivity contribution in [2.45, 2.75) is 39.7 Å². The summed E-state index contributed by atoms with van der Waals surface area (Å²) in [5.74, 6) is 1.22. The summed E-state index contributed by atoms with van der Waals surface area (Å²) >= 11 is 0. The molecule has 0 unspecified atom stereocenters. The second-order valence-electron chi connectivity index (χ2n) is 4.45. The predicted molar refractivity (Wildman–Crippen MR) is 64.0 cm³/mol. The lowest BCUT2D eigenvalue weighted by atomic mass is 10.00. The quantitative estimate of drug-likeness (QED) is 0.825. The van der Waals surface area contributed by atoms with Gasteiger partial charge in [0.25, 0.3) is 0 Å². The van der Waals surface area contributed by atoms with E-state index in [2.05, 4.69) is 35.6 Å². The van der Waals surface area contributed by atoms with Crippen LogP contribution in [0.15, 0.2) is 6.07 Å². The Morgan fingerprint density at radius 1 is 1.40 bits per heavy atom. The summed E-state index contributed by atoms with van der Waals surface area (Å²) in [7, 11) is 2.03. The summed E-state index contributed by atoms with van der Waals surface area (Å²) in [5, 5.41) is 0. The maximum atomic E-state index is 5.63. The van der Waals surface area contributed by atoms with Crippen molar-refractivity contribution in [2.24, 2.45) is 0 Å². The molecule has 1 rings (SSSR count). The first-order valence-electron chi connectivity index (χ1n) is 5.22. The Morgan fingerprint density at radius 2 is 2.00 bits per heavy atom. The molecular weight excluding hydrogens is 188 g/mol. The molecule has 0 atom stereocenters. The molecule has 1 aromatic heterocycles. The topological polar surface area (TPSA) is 55.0 Å². The number of nitrogen functional groups attached to an aromatic ring is 1. The van der Waals surface area contributed by atoms with Crippen LogP contribution in [0.4, 0.5) is 11.8 Å². The van der Waals surface area contributed by atoms with Crippen LogP contribution >= 0.6 is 0 Å². The average molecular weight is 208 g/mol. The van der Waals surface area contributed by atoms with Crippen LogP contribution in [0.1, 0.15) is 32.9 Å². The van der Waals surface area contributed by atoms with Gasteiger partial charge in [0.2, 0.25) is 5.95 Å². The molecule has 0 fully saturated rings. The minimum atomic E-state index is 0.0766. The first-order chi connectivity index (χ1) is 6.86. The maximum Gasteiger partial charge on any atom is 0.222 e. The monoisotopic (exact) mass is 208 g/mol. The molecule has 1 heterocycles. The predicted octanol–water partition coefficient (Wildman–Crippen LogP) is 1.99. The lowest BCUT2D eigenvalue weighted by Gasteiger charge is -2.35. The van der Waals surface area contributed by atoms with E-state index in [1.165, 1.54) is 0 Å². The zero-order valence-corrected chi connectivity index (χ0v) is 10.2. The van der Waals surface area contributed by atoms with E-state index in [4.69, 9.17) is 5.73 Å². The molecular formula is C11H20N4. The summed E-state index contributed by atoms with van der Waals surface area (Å²) in [6.45, 7) is 8.45. The highest BCUT2D eigenvalue weighted by molar-refractivity contribution is 5.44. The molecule has 0 amide bonds. The van der Waals surface area contributed by atoms with Gasteiger partial charge in [-0.05, 0) is 27.2 Å². The summed E-state index contributed by atoms with van der Waals surface area (Å²) in [4.78, 5) is 10.4. The Bertz CT molecular complexity index is 326. The summed E-state index contributed by atoms with van der Waals surface area (Å²) in [6, 6.07) is 1.95. The van der Waals surface area contributed by atoms with Crippen LogP contribution in [-0.2, 0) is 0 Å². The highest BCUT2D eigenvalue weighted by Gasteiger charge is 2.22. The number of hydrogen-bond acceptors (Lipinski definition) is 4. The van der Waals surface area contributed by atoms with E-state index in [9.17, 15) is 0 Å². The average Bonchev–Trinajstić information content (AvgIpc) is 2.15.